The Balaban J connectivity index is 1.29. The Morgan fingerprint density at radius 1 is 0.952 bits per heavy atom. The molecule has 42 heavy (non-hydrogen) atoms. The fourth-order valence-corrected chi connectivity index (χ4v) is 6.99. The minimum absolute atomic E-state index is 0.116. The van der Waals surface area contributed by atoms with Crippen LogP contribution in [0, 0.1) is 11.3 Å². The van der Waals surface area contributed by atoms with Crippen LogP contribution in [0.15, 0.2) is 75.9 Å². The van der Waals surface area contributed by atoms with Crippen LogP contribution >= 0.6 is 31.9 Å². The zero-order valence-electron chi connectivity index (χ0n) is 23.2. The Hall–Kier alpha value is -3.62. The van der Waals surface area contributed by atoms with E-state index in [1.54, 1.807) is 17.3 Å². The molecule has 0 bridgehead atoms. The SMILES string of the molecule is N#CC1(c2ccccc2)CCN(C(=O)N[C@@H](Cc2cc(Br)c(N)c(Br)c2)C(=O)N2CCN(c3ccncc3)CC2)CC1. The standard InChI is InChI=1S/C31H33Br2N7O2/c32-25-18-22(19-26(33)28(25)35)20-27(29(41)39-16-14-38(15-17-39)24-6-10-36-11-7-24)37-30(42)40-12-8-31(21-34,9-13-40)23-4-2-1-3-5-23/h1-7,10-11,18-19,27H,8-9,12-17,20,35H2,(H,37,42)/t27-/m0/s1. The van der Waals surface area contributed by atoms with Gasteiger partial charge in [-0.15, -0.1) is 0 Å². The number of carbonyl (C=O) groups is 2. The lowest BCUT2D eigenvalue weighted by molar-refractivity contribution is -0.133. The maximum Gasteiger partial charge on any atom is 0.318 e. The molecule has 1 aromatic heterocycles. The van der Waals surface area contributed by atoms with Gasteiger partial charge < -0.3 is 25.8 Å². The zero-order valence-corrected chi connectivity index (χ0v) is 26.4. The van der Waals surface area contributed by atoms with Crippen LogP contribution in [0.25, 0.3) is 0 Å². The summed E-state index contributed by atoms with van der Waals surface area (Å²) in [5.41, 5.74) is 8.97. The third-order valence-electron chi connectivity index (χ3n) is 8.24. The number of likely N-dealkylation sites (tertiary alicyclic amines) is 1. The predicted molar refractivity (Wildman–Crippen MR) is 170 cm³/mol. The molecule has 0 radical (unpaired) electrons. The Morgan fingerprint density at radius 3 is 2.17 bits per heavy atom. The van der Waals surface area contributed by atoms with E-state index < -0.39 is 11.5 Å². The number of amides is 3. The number of halogens is 2. The van der Waals surface area contributed by atoms with E-state index in [0.717, 1.165) is 25.8 Å². The van der Waals surface area contributed by atoms with Gasteiger partial charge in [0.05, 0.1) is 17.2 Å². The highest BCUT2D eigenvalue weighted by Gasteiger charge is 2.38. The number of piperazine rings is 1. The van der Waals surface area contributed by atoms with Gasteiger partial charge in [0.2, 0.25) is 5.91 Å². The number of aromatic nitrogens is 1. The average Bonchev–Trinajstić information content (AvgIpc) is 3.04. The highest BCUT2D eigenvalue weighted by atomic mass is 79.9. The second-order valence-electron chi connectivity index (χ2n) is 10.7. The first kappa shape index (κ1) is 29.9. The van der Waals surface area contributed by atoms with Gasteiger partial charge in [0.25, 0.3) is 0 Å². The molecule has 1 atom stereocenters. The number of anilines is 2. The van der Waals surface area contributed by atoms with Crippen LogP contribution in [0.4, 0.5) is 16.2 Å². The number of piperidine rings is 1. The van der Waals surface area contributed by atoms with Crippen molar-refractivity contribution >= 4 is 55.2 Å². The monoisotopic (exact) mass is 693 g/mol. The van der Waals surface area contributed by atoms with Crippen molar-refractivity contribution in [2.45, 2.75) is 30.7 Å². The Labute approximate surface area is 262 Å². The lowest BCUT2D eigenvalue weighted by Crippen LogP contribution is -2.58. The van der Waals surface area contributed by atoms with Gasteiger partial charge in [-0.1, -0.05) is 30.3 Å². The molecule has 0 aliphatic carbocycles. The number of rotatable bonds is 6. The number of nitrogens with one attached hydrogen (secondary N) is 1. The van der Waals surface area contributed by atoms with Crippen molar-refractivity contribution in [1.29, 1.82) is 5.26 Å². The quantitative estimate of drug-likeness (QED) is 0.361. The average molecular weight is 695 g/mol. The van der Waals surface area contributed by atoms with Gasteiger partial charge in [-0.05, 0) is 80.1 Å². The normalized spacial score (nSPS) is 17.3. The number of nitrogen functional groups attached to an aromatic ring is 1. The second-order valence-corrected chi connectivity index (χ2v) is 12.5. The van der Waals surface area contributed by atoms with Gasteiger partial charge in [0.1, 0.15) is 6.04 Å². The third-order valence-corrected chi connectivity index (χ3v) is 9.55. The van der Waals surface area contributed by atoms with Gasteiger partial charge in [-0.25, -0.2) is 4.79 Å². The van der Waals surface area contributed by atoms with Gasteiger partial charge in [-0.3, -0.25) is 9.78 Å². The number of carbonyl (C=O) groups excluding carboxylic acids is 2. The molecule has 0 spiro atoms. The van der Waals surface area contributed by atoms with Crippen LogP contribution in [-0.2, 0) is 16.6 Å². The summed E-state index contributed by atoms with van der Waals surface area (Å²) in [7, 11) is 0. The summed E-state index contributed by atoms with van der Waals surface area (Å²) in [6, 6.07) is 18.9. The number of hydrogen-bond donors (Lipinski definition) is 2. The predicted octanol–water partition coefficient (Wildman–Crippen LogP) is 4.72. The number of hydrogen-bond acceptors (Lipinski definition) is 6. The van der Waals surface area contributed by atoms with Gasteiger partial charge in [0, 0.05) is 72.7 Å². The number of nitrogens with zero attached hydrogens (tertiary/aromatic N) is 5. The molecule has 3 aromatic rings. The number of nitrogens with two attached hydrogens (primary N) is 1. The molecule has 2 aromatic carbocycles. The molecule has 0 saturated carbocycles. The van der Waals surface area contributed by atoms with E-state index in [1.807, 2.05) is 59.5 Å². The number of benzene rings is 2. The summed E-state index contributed by atoms with van der Waals surface area (Å²) in [4.78, 5) is 37.3. The van der Waals surface area contributed by atoms with Crippen molar-refractivity contribution in [3.63, 3.8) is 0 Å². The molecule has 3 heterocycles. The van der Waals surface area contributed by atoms with E-state index in [9.17, 15) is 14.9 Å². The molecular formula is C31H33Br2N7O2. The van der Waals surface area contributed by atoms with E-state index in [1.165, 1.54) is 0 Å². The van der Waals surface area contributed by atoms with Crippen molar-refractivity contribution in [2.75, 3.05) is 49.9 Å². The summed E-state index contributed by atoms with van der Waals surface area (Å²) in [6.07, 6.45) is 4.92. The lowest BCUT2D eigenvalue weighted by Gasteiger charge is -2.39. The minimum atomic E-state index is -0.760. The molecule has 2 saturated heterocycles. The number of urea groups is 1. The smallest absolute Gasteiger partial charge is 0.318 e. The molecule has 9 nitrogen and oxygen atoms in total. The van der Waals surface area contributed by atoms with E-state index in [2.05, 4.69) is 53.1 Å². The summed E-state index contributed by atoms with van der Waals surface area (Å²) in [5, 5.41) is 13.1. The first-order valence-electron chi connectivity index (χ1n) is 14.0. The fourth-order valence-electron chi connectivity index (χ4n) is 5.70. The largest absolute Gasteiger partial charge is 0.397 e. The highest BCUT2D eigenvalue weighted by molar-refractivity contribution is 9.11. The van der Waals surface area contributed by atoms with Gasteiger partial charge in [-0.2, -0.15) is 5.26 Å². The molecule has 5 rings (SSSR count). The van der Waals surface area contributed by atoms with Crippen LogP contribution in [0.1, 0.15) is 24.0 Å². The van der Waals surface area contributed by atoms with Gasteiger partial charge >= 0.3 is 6.03 Å². The molecule has 0 unspecified atom stereocenters. The number of pyridine rings is 1. The summed E-state index contributed by atoms with van der Waals surface area (Å²) in [6.45, 7) is 3.34. The molecule has 218 valence electrons. The van der Waals surface area contributed by atoms with Crippen molar-refractivity contribution in [3.8, 4) is 6.07 Å². The van der Waals surface area contributed by atoms with E-state index in [0.29, 0.717) is 64.2 Å². The van der Waals surface area contributed by atoms with Crippen molar-refractivity contribution < 1.29 is 9.59 Å². The molecule has 2 fully saturated rings. The van der Waals surface area contributed by atoms with Crippen LogP contribution in [-0.4, -0.2) is 72.0 Å². The first-order chi connectivity index (χ1) is 20.3. The molecule has 3 N–H and O–H groups in total. The minimum Gasteiger partial charge on any atom is -0.397 e. The van der Waals surface area contributed by atoms with Crippen LogP contribution in [0.5, 0.6) is 0 Å². The Morgan fingerprint density at radius 2 is 1.57 bits per heavy atom. The van der Waals surface area contributed by atoms with Crippen LogP contribution in [0.2, 0.25) is 0 Å². The lowest BCUT2D eigenvalue weighted by atomic mass is 9.74. The Bertz CT molecular complexity index is 1430. The fraction of sp³-hybridized carbons (Fsp3) is 0.355. The maximum atomic E-state index is 13.9. The van der Waals surface area contributed by atoms with E-state index >= 15 is 0 Å². The third kappa shape index (κ3) is 6.55. The summed E-state index contributed by atoms with van der Waals surface area (Å²) >= 11 is 6.99. The second kappa shape index (κ2) is 13.1. The maximum absolute atomic E-state index is 13.9. The molecular weight excluding hydrogens is 662 g/mol. The zero-order chi connectivity index (χ0) is 29.7. The highest BCUT2D eigenvalue weighted by Crippen LogP contribution is 2.35. The summed E-state index contributed by atoms with van der Waals surface area (Å²) < 4.78 is 1.44. The van der Waals surface area contributed by atoms with Crippen LogP contribution < -0.4 is 16.0 Å². The van der Waals surface area contributed by atoms with Crippen LogP contribution in [0.3, 0.4) is 0 Å². The molecule has 11 heteroatoms. The number of nitriles is 1. The topological polar surface area (TPSA) is 119 Å². The Kier molecular flexibility index (Phi) is 9.34. The summed E-state index contributed by atoms with van der Waals surface area (Å²) in [5.74, 6) is -0.116. The van der Waals surface area contributed by atoms with Crippen molar-refractivity contribution in [1.82, 2.24) is 20.1 Å². The molecule has 2 aliphatic heterocycles. The van der Waals surface area contributed by atoms with Crippen molar-refractivity contribution in [2.24, 2.45) is 0 Å². The van der Waals surface area contributed by atoms with Gasteiger partial charge in [0.15, 0.2) is 0 Å². The van der Waals surface area contributed by atoms with E-state index in [4.69, 9.17) is 5.73 Å². The molecule has 3 amide bonds. The first-order valence-corrected chi connectivity index (χ1v) is 15.6. The molecule has 2 aliphatic rings. The van der Waals surface area contributed by atoms with Crippen molar-refractivity contribution in [3.05, 3.63) is 87.1 Å². The van der Waals surface area contributed by atoms with E-state index in [-0.39, 0.29) is 11.9 Å².